The Morgan fingerprint density at radius 3 is 2.41 bits per heavy atom. The van der Waals surface area contributed by atoms with Crippen LogP contribution in [0, 0.1) is 6.92 Å². The van der Waals surface area contributed by atoms with Gasteiger partial charge in [0.05, 0.1) is 30.2 Å². The number of aryl methyl sites for hydroxylation is 3. The molecule has 0 atom stereocenters. The van der Waals surface area contributed by atoms with Crippen LogP contribution in [-0.4, -0.2) is 62.3 Å². The summed E-state index contributed by atoms with van der Waals surface area (Å²) >= 11 is 6.15. The fourth-order valence-electron chi connectivity index (χ4n) is 6.26. The second kappa shape index (κ2) is 14.7. The van der Waals surface area contributed by atoms with Gasteiger partial charge in [-0.15, -0.1) is 0 Å². The van der Waals surface area contributed by atoms with Crippen molar-refractivity contribution in [3.63, 3.8) is 0 Å². The maximum Gasteiger partial charge on any atom is 0.325 e. The number of carbonyl (C=O) groups is 1. The van der Waals surface area contributed by atoms with E-state index >= 15 is 0 Å². The average Bonchev–Trinajstić information content (AvgIpc) is 3.49. The standard InChI is InChI=1S/C29H34ClNO4.C7H8O3S/c1-29(2)24-11-5-10-23(24)28-25(34-27(32)19-31-12-14-33-15-13-31)17-21(18-26(28)35-29)8-3-6-20-7-4-9-22(30)16-20;1-6-2-4-7(5-3-6)11(8,9)10/h4,7,9,16-18H,3,5-6,8,10-15,19H2,1-2H3;2-5H,1H3,(H,8,9,10). The van der Waals surface area contributed by atoms with E-state index in [1.54, 1.807) is 12.1 Å². The first kappa shape index (κ1) is 34.1. The number of ether oxygens (including phenoxy) is 3. The second-order valence-electron chi connectivity index (χ2n) is 12.5. The summed E-state index contributed by atoms with van der Waals surface area (Å²) in [7, 11) is -4.02. The summed E-state index contributed by atoms with van der Waals surface area (Å²) in [6.45, 7) is 9.23. The van der Waals surface area contributed by atoms with E-state index in [1.807, 2.05) is 25.1 Å². The van der Waals surface area contributed by atoms with Crippen molar-refractivity contribution in [2.24, 2.45) is 0 Å². The topological polar surface area (TPSA) is 102 Å². The highest BCUT2D eigenvalue weighted by atomic mass is 35.5. The zero-order chi connectivity index (χ0) is 32.9. The lowest BCUT2D eigenvalue weighted by atomic mass is 9.86. The van der Waals surface area contributed by atoms with Crippen molar-refractivity contribution in [3.8, 4) is 11.5 Å². The largest absolute Gasteiger partial charge is 0.483 e. The number of esters is 1. The molecule has 0 amide bonds. The first-order valence-corrected chi connectivity index (χ1v) is 17.6. The Labute approximate surface area is 277 Å². The minimum atomic E-state index is -4.02. The van der Waals surface area contributed by atoms with Crippen LogP contribution in [0.25, 0.3) is 5.57 Å². The molecule has 3 aromatic carbocycles. The smallest absolute Gasteiger partial charge is 0.325 e. The third-order valence-electron chi connectivity index (χ3n) is 8.56. The SMILES string of the molecule is CC1(C)Oc2cc(CCCc3cccc(Cl)c3)cc(OC(=O)CN3CCOCC3)c2C2=C1CCC2.Cc1ccc(S(=O)(=O)O)cc1. The summed E-state index contributed by atoms with van der Waals surface area (Å²) < 4.78 is 47.6. The van der Waals surface area contributed by atoms with E-state index in [0.29, 0.717) is 19.0 Å². The first-order valence-electron chi connectivity index (χ1n) is 15.8. The van der Waals surface area contributed by atoms with Crippen LogP contribution in [0.5, 0.6) is 11.5 Å². The fraction of sp³-hybridized carbons (Fsp3) is 0.417. The highest BCUT2D eigenvalue weighted by molar-refractivity contribution is 7.85. The molecule has 8 nitrogen and oxygen atoms in total. The summed E-state index contributed by atoms with van der Waals surface area (Å²) in [5.41, 5.74) is 6.58. The highest BCUT2D eigenvalue weighted by Crippen LogP contribution is 2.52. The van der Waals surface area contributed by atoms with Crippen LogP contribution in [0.4, 0.5) is 0 Å². The van der Waals surface area contributed by atoms with E-state index in [4.69, 9.17) is 30.4 Å². The van der Waals surface area contributed by atoms with Gasteiger partial charge in [0, 0.05) is 18.1 Å². The quantitative estimate of drug-likeness (QED) is 0.154. The summed E-state index contributed by atoms with van der Waals surface area (Å²) in [4.78, 5) is 15.0. The lowest BCUT2D eigenvalue weighted by molar-refractivity contribution is -0.136. The fourth-order valence-corrected chi connectivity index (χ4v) is 6.96. The number of hydrogen-bond acceptors (Lipinski definition) is 7. The minimum Gasteiger partial charge on any atom is -0.483 e. The van der Waals surface area contributed by atoms with Crippen LogP contribution in [0.15, 0.2) is 71.1 Å². The molecule has 3 aromatic rings. The summed E-state index contributed by atoms with van der Waals surface area (Å²) in [6, 6.07) is 18.2. The van der Waals surface area contributed by atoms with Gasteiger partial charge in [-0.1, -0.05) is 41.4 Å². The van der Waals surface area contributed by atoms with Gasteiger partial charge >= 0.3 is 5.97 Å². The van der Waals surface area contributed by atoms with E-state index in [0.717, 1.165) is 79.1 Å². The highest BCUT2D eigenvalue weighted by Gasteiger charge is 2.39. The zero-order valence-electron chi connectivity index (χ0n) is 26.7. The number of fused-ring (bicyclic) bond motifs is 2. The number of hydrogen-bond donors (Lipinski definition) is 1. The van der Waals surface area contributed by atoms with Gasteiger partial charge in [0.25, 0.3) is 10.1 Å². The molecule has 0 aromatic heterocycles. The van der Waals surface area contributed by atoms with Gasteiger partial charge in [-0.25, -0.2) is 0 Å². The number of nitrogens with zero attached hydrogens (tertiary/aromatic N) is 1. The Morgan fingerprint density at radius 1 is 1.00 bits per heavy atom. The van der Waals surface area contributed by atoms with Gasteiger partial charge in [-0.05, 0) is 118 Å². The number of morpholine rings is 1. The van der Waals surface area contributed by atoms with Crippen LogP contribution in [-0.2, 0) is 32.5 Å². The number of rotatable bonds is 8. The van der Waals surface area contributed by atoms with Gasteiger partial charge in [0.2, 0.25) is 0 Å². The predicted molar refractivity (Wildman–Crippen MR) is 179 cm³/mol. The van der Waals surface area contributed by atoms with Gasteiger partial charge < -0.3 is 14.2 Å². The Balaban J connectivity index is 0.000000322. The first-order chi connectivity index (χ1) is 21.9. The lowest BCUT2D eigenvalue weighted by Crippen LogP contribution is -2.40. The van der Waals surface area contributed by atoms with Crippen molar-refractivity contribution >= 4 is 33.3 Å². The van der Waals surface area contributed by atoms with Crippen molar-refractivity contribution in [2.75, 3.05) is 32.8 Å². The van der Waals surface area contributed by atoms with Crippen molar-refractivity contribution in [2.45, 2.75) is 69.8 Å². The molecule has 0 radical (unpaired) electrons. The molecule has 0 spiro atoms. The van der Waals surface area contributed by atoms with E-state index in [9.17, 15) is 13.2 Å². The van der Waals surface area contributed by atoms with Crippen LogP contribution in [0.2, 0.25) is 5.02 Å². The molecule has 0 saturated carbocycles. The summed E-state index contributed by atoms with van der Waals surface area (Å²) in [6.07, 6.45) is 5.91. The average molecular weight is 668 g/mol. The number of carbonyl (C=O) groups excluding carboxylic acids is 1. The molecule has 1 N–H and O–H groups in total. The molecular weight excluding hydrogens is 626 g/mol. The molecule has 1 aliphatic carbocycles. The van der Waals surface area contributed by atoms with Crippen molar-refractivity contribution < 1.29 is 32.0 Å². The van der Waals surface area contributed by atoms with Gasteiger partial charge in [0.15, 0.2) is 0 Å². The number of allylic oxidation sites excluding steroid dienone is 1. The number of benzene rings is 3. The molecule has 1 fully saturated rings. The monoisotopic (exact) mass is 667 g/mol. The van der Waals surface area contributed by atoms with E-state index in [1.165, 1.54) is 28.8 Å². The molecule has 2 heterocycles. The van der Waals surface area contributed by atoms with E-state index in [-0.39, 0.29) is 23.0 Å². The van der Waals surface area contributed by atoms with Gasteiger partial charge in [0.1, 0.15) is 17.1 Å². The molecule has 46 heavy (non-hydrogen) atoms. The van der Waals surface area contributed by atoms with Crippen molar-refractivity contribution in [3.05, 3.63) is 93.5 Å². The van der Waals surface area contributed by atoms with Gasteiger partial charge in [-0.3, -0.25) is 14.2 Å². The summed E-state index contributed by atoms with van der Waals surface area (Å²) in [5.74, 6) is 1.25. The Morgan fingerprint density at radius 2 is 1.72 bits per heavy atom. The van der Waals surface area contributed by atoms with Crippen LogP contribution in [0.1, 0.15) is 61.8 Å². The Bertz CT molecular complexity index is 1690. The molecule has 0 unspecified atom stereocenters. The molecule has 246 valence electrons. The normalized spacial score (nSPS) is 17.3. The molecule has 6 rings (SSSR count). The van der Waals surface area contributed by atoms with Crippen LogP contribution < -0.4 is 9.47 Å². The lowest BCUT2D eigenvalue weighted by Gasteiger charge is -2.36. The molecule has 3 aliphatic rings. The maximum absolute atomic E-state index is 13.0. The summed E-state index contributed by atoms with van der Waals surface area (Å²) in [5, 5.41) is 0.766. The molecular formula is C36H42ClNO7S. The van der Waals surface area contributed by atoms with Crippen LogP contribution >= 0.6 is 11.6 Å². The second-order valence-corrected chi connectivity index (χ2v) is 14.4. The third-order valence-corrected chi connectivity index (χ3v) is 9.66. The third kappa shape index (κ3) is 8.77. The van der Waals surface area contributed by atoms with Crippen molar-refractivity contribution in [1.29, 1.82) is 0 Å². The van der Waals surface area contributed by atoms with Gasteiger partial charge in [-0.2, -0.15) is 8.42 Å². The Hall–Kier alpha value is -3.21. The maximum atomic E-state index is 13.0. The van der Waals surface area contributed by atoms with E-state index in [2.05, 4.69) is 36.9 Å². The zero-order valence-corrected chi connectivity index (χ0v) is 28.3. The predicted octanol–water partition coefficient (Wildman–Crippen LogP) is 7.10. The molecule has 10 heteroatoms. The number of halogens is 1. The minimum absolute atomic E-state index is 0.0666. The van der Waals surface area contributed by atoms with E-state index < -0.39 is 10.1 Å². The molecule has 2 aliphatic heterocycles. The van der Waals surface area contributed by atoms with Crippen LogP contribution in [0.3, 0.4) is 0 Å². The molecule has 1 saturated heterocycles. The Kier molecular flexibility index (Phi) is 10.9. The molecule has 0 bridgehead atoms. The van der Waals surface area contributed by atoms with Crippen molar-refractivity contribution in [1.82, 2.24) is 4.90 Å².